The maximum Gasteiger partial charge on any atom is 0.140 e. The van der Waals surface area contributed by atoms with E-state index < -0.39 is 0 Å². The molecule has 3 rings (SSSR count). The summed E-state index contributed by atoms with van der Waals surface area (Å²) in [7, 11) is 0. The molecule has 0 saturated heterocycles. The molecule has 4 nitrogen and oxygen atoms in total. The van der Waals surface area contributed by atoms with Crippen molar-refractivity contribution in [3.8, 4) is 0 Å². The highest BCUT2D eigenvalue weighted by Gasteiger charge is 2.24. The number of aromatic nitrogens is 3. The Morgan fingerprint density at radius 1 is 1.41 bits per heavy atom. The summed E-state index contributed by atoms with van der Waals surface area (Å²) in [6.45, 7) is 4.05. The Kier molecular flexibility index (Phi) is 2.55. The third-order valence-electron chi connectivity index (χ3n) is 3.38. The third-order valence-corrected chi connectivity index (χ3v) is 3.38. The maximum atomic E-state index is 4.29. The van der Waals surface area contributed by atoms with Gasteiger partial charge in [0, 0.05) is 24.7 Å². The van der Waals surface area contributed by atoms with E-state index in [1.54, 1.807) is 0 Å². The lowest BCUT2D eigenvalue weighted by Gasteiger charge is -2.26. The number of anilines is 1. The first-order valence-corrected chi connectivity index (χ1v) is 6.10. The molecule has 1 N–H and O–H groups in total. The van der Waals surface area contributed by atoms with E-state index in [2.05, 4.69) is 51.3 Å². The lowest BCUT2D eigenvalue weighted by Crippen LogP contribution is -2.20. The van der Waals surface area contributed by atoms with Gasteiger partial charge in [-0.3, -0.25) is 0 Å². The predicted octanol–water partition coefficient (Wildman–Crippen LogP) is 2.25. The van der Waals surface area contributed by atoms with E-state index in [1.807, 2.05) is 6.33 Å². The molecule has 88 valence electrons. The smallest absolute Gasteiger partial charge is 0.140 e. The Balaban J connectivity index is 2.06. The fraction of sp³-hybridized carbons (Fsp3) is 0.385. The molecule has 0 amide bonds. The highest BCUT2D eigenvalue weighted by atomic mass is 15.3. The van der Waals surface area contributed by atoms with E-state index in [9.17, 15) is 0 Å². The Labute approximate surface area is 101 Å². The van der Waals surface area contributed by atoms with Gasteiger partial charge in [0.1, 0.15) is 12.2 Å². The number of para-hydroxylation sites is 1. The number of nitrogens with one attached hydrogen (secondary N) is 1. The molecule has 1 aromatic carbocycles. The second kappa shape index (κ2) is 4.20. The van der Waals surface area contributed by atoms with Gasteiger partial charge in [-0.1, -0.05) is 18.2 Å². The monoisotopic (exact) mass is 228 g/mol. The number of hydrogen-bond donors (Lipinski definition) is 1. The van der Waals surface area contributed by atoms with E-state index in [-0.39, 0.29) is 0 Å². The minimum Gasteiger partial charge on any atom is -0.385 e. The highest BCUT2D eigenvalue weighted by molar-refractivity contribution is 5.56. The van der Waals surface area contributed by atoms with Crippen LogP contribution in [0, 0.1) is 0 Å². The van der Waals surface area contributed by atoms with Crippen LogP contribution in [0.2, 0.25) is 0 Å². The Morgan fingerprint density at radius 2 is 2.29 bits per heavy atom. The number of aryl methyl sites for hydroxylation is 1. The predicted molar refractivity (Wildman–Crippen MR) is 67.1 cm³/mol. The largest absolute Gasteiger partial charge is 0.385 e. The standard InChI is InChI=1S/C13H16N4/c1-2-17-9-15-16-13(17)11-7-8-14-12-6-4-3-5-10(11)12/h3-6,9,11,14H,2,7-8H2,1H3. The van der Waals surface area contributed by atoms with Gasteiger partial charge in [0.05, 0.1) is 0 Å². The number of benzene rings is 1. The average molecular weight is 228 g/mol. The molecule has 0 spiro atoms. The summed E-state index contributed by atoms with van der Waals surface area (Å²) in [4.78, 5) is 0. The summed E-state index contributed by atoms with van der Waals surface area (Å²) < 4.78 is 2.13. The Morgan fingerprint density at radius 3 is 3.18 bits per heavy atom. The quantitative estimate of drug-likeness (QED) is 0.857. The molecule has 2 heterocycles. The first-order valence-electron chi connectivity index (χ1n) is 6.10. The SMILES string of the molecule is CCn1cnnc1C1CCNc2ccccc21. The lowest BCUT2D eigenvalue weighted by molar-refractivity contribution is 0.610. The molecular weight excluding hydrogens is 212 g/mol. The van der Waals surface area contributed by atoms with E-state index in [0.29, 0.717) is 5.92 Å². The molecular formula is C13H16N4. The number of nitrogens with zero attached hydrogens (tertiary/aromatic N) is 3. The zero-order valence-corrected chi connectivity index (χ0v) is 9.93. The summed E-state index contributed by atoms with van der Waals surface area (Å²) in [5, 5.41) is 11.8. The first-order chi connectivity index (χ1) is 8.40. The molecule has 1 aliphatic heterocycles. The molecule has 0 bridgehead atoms. The van der Waals surface area contributed by atoms with Crippen LogP contribution in [0.15, 0.2) is 30.6 Å². The van der Waals surface area contributed by atoms with Gasteiger partial charge in [-0.2, -0.15) is 0 Å². The fourth-order valence-electron chi connectivity index (χ4n) is 2.51. The summed E-state index contributed by atoms with van der Waals surface area (Å²) in [5.41, 5.74) is 2.57. The van der Waals surface area contributed by atoms with Gasteiger partial charge < -0.3 is 9.88 Å². The van der Waals surface area contributed by atoms with Crippen LogP contribution in [0.5, 0.6) is 0 Å². The number of fused-ring (bicyclic) bond motifs is 1. The molecule has 0 aliphatic carbocycles. The normalized spacial score (nSPS) is 18.5. The van der Waals surface area contributed by atoms with Crippen molar-refractivity contribution in [2.45, 2.75) is 25.8 Å². The summed E-state index contributed by atoms with van der Waals surface area (Å²) in [6.07, 6.45) is 2.90. The van der Waals surface area contributed by atoms with Crippen LogP contribution in [-0.4, -0.2) is 21.3 Å². The van der Waals surface area contributed by atoms with Gasteiger partial charge in [-0.25, -0.2) is 0 Å². The van der Waals surface area contributed by atoms with Crippen molar-refractivity contribution >= 4 is 5.69 Å². The third kappa shape index (κ3) is 1.69. The summed E-state index contributed by atoms with van der Waals surface area (Å²) >= 11 is 0. The van der Waals surface area contributed by atoms with Crippen LogP contribution >= 0.6 is 0 Å². The molecule has 1 aromatic heterocycles. The van der Waals surface area contributed by atoms with Crippen molar-refractivity contribution in [1.29, 1.82) is 0 Å². The topological polar surface area (TPSA) is 42.7 Å². The molecule has 1 atom stereocenters. The van der Waals surface area contributed by atoms with E-state index >= 15 is 0 Å². The summed E-state index contributed by atoms with van der Waals surface area (Å²) in [6, 6.07) is 8.47. The van der Waals surface area contributed by atoms with Crippen molar-refractivity contribution in [3.05, 3.63) is 42.0 Å². The molecule has 1 unspecified atom stereocenters. The second-order valence-electron chi connectivity index (χ2n) is 4.33. The van der Waals surface area contributed by atoms with E-state index in [1.165, 1.54) is 11.3 Å². The lowest BCUT2D eigenvalue weighted by atomic mass is 9.90. The van der Waals surface area contributed by atoms with Gasteiger partial charge in [-0.15, -0.1) is 10.2 Å². The minimum atomic E-state index is 0.370. The molecule has 17 heavy (non-hydrogen) atoms. The van der Waals surface area contributed by atoms with E-state index in [0.717, 1.165) is 25.3 Å². The Hall–Kier alpha value is -1.84. The van der Waals surface area contributed by atoms with Crippen LogP contribution in [0.1, 0.15) is 30.7 Å². The molecule has 0 saturated carbocycles. The van der Waals surface area contributed by atoms with E-state index in [4.69, 9.17) is 0 Å². The van der Waals surface area contributed by atoms with Gasteiger partial charge in [0.25, 0.3) is 0 Å². The maximum absolute atomic E-state index is 4.29. The summed E-state index contributed by atoms with van der Waals surface area (Å²) in [5.74, 6) is 1.45. The van der Waals surface area contributed by atoms with Crippen molar-refractivity contribution in [3.63, 3.8) is 0 Å². The molecule has 0 fully saturated rings. The number of hydrogen-bond acceptors (Lipinski definition) is 3. The number of rotatable bonds is 2. The van der Waals surface area contributed by atoms with Crippen LogP contribution in [-0.2, 0) is 6.54 Å². The fourth-order valence-corrected chi connectivity index (χ4v) is 2.51. The minimum absolute atomic E-state index is 0.370. The average Bonchev–Trinajstić information content (AvgIpc) is 2.86. The molecule has 2 aromatic rings. The zero-order valence-electron chi connectivity index (χ0n) is 9.93. The van der Waals surface area contributed by atoms with Crippen LogP contribution < -0.4 is 5.32 Å². The van der Waals surface area contributed by atoms with Gasteiger partial charge >= 0.3 is 0 Å². The highest BCUT2D eigenvalue weighted by Crippen LogP contribution is 2.35. The zero-order chi connectivity index (χ0) is 11.7. The van der Waals surface area contributed by atoms with Crippen LogP contribution in [0.25, 0.3) is 0 Å². The van der Waals surface area contributed by atoms with Crippen LogP contribution in [0.4, 0.5) is 5.69 Å². The molecule has 0 radical (unpaired) electrons. The molecule has 4 heteroatoms. The van der Waals surface area contributed by atoms with Crippen molar-refractivity contribution in [2.24, 2.45) is 0 Å². The van der Waals surface area contributed by atoms with Gasteiger partial charge in [0.2, 0.25) is 0 Å². The van der Waals surface area contributed by atoms with Gasteiger partial charge in [-0.05, 0) is 25.0 Å². The van der Waals surface area contributed by atoms with Crippen LogP contribution in [0.3, 0.4) is 0 Å². The Bertz CT molecular complexity index is 518. The van der Waals surface area contributed by atoms with Crippen molar-refractivity contribution in [2.75, 3.05) is 11.9 Å². The molecule has 1 aliphatic rings. The van der Waals surface area contributed by atoms with Crippen molar-refractivity contribution in [1.82, 2.24) is 14.8 Å². The van der Waals surface area contributed by atoms with Crippen molar-refractivity contribution < 1.29 is 0 Å². The first kappa shape index (κ1) is 10.3. The van der Waals surface area contributed by atoms with Gasteiger partial charge in [0.15, 0.2) is 0 Å². The second-order valence-corrected chi connectivity index (χ2v) is 4.33.